The maximum Gasteiger partial charge on any atom is 0.449 e. The van der Waals surface area contributed by atoms with E-state index in [0.29, 0.717) is 11.8 Å². The van der Waals surface area contributed by atoms with Crippen LogP contribution in [0.3, 0.4) is 0 Å². The molecular formula is C26H26F6N6OS. The van der Waals surface area contributed by atoms with E-state index >= 15 is 0 Å². The number of nitrogens with one attached hydrogen (secondary N) is 1. The number of nitrogens with two attached hydrogens (primary N) is 1. The molecule has 4 rings (SSSR count). The molecule has 7 nitrogen and oxygen atoms in total. The van der Waals surface area contributed by atoms with E-state index in [2.05, 4.69) is 10.3 Å². The highest BCUT2D eigenvalue weighted by molar-refractivity contribution is 7.80. The summed E-state index contributed by atoms with van der Waals surface area (Å²) in [5.74, 6) is -5.48. The quantitative estimate of drug-likeness (QED) is 0.237. The number of fused-ring (bicyclic) bond motifs is 1. The molecule has 1 atom stereocenters. The second-order valence-corrected chi connectivity index (χ2v) is 10.1. The highest BCUT2D eigenvalue weighted by atomic mass is 32.1. The minimum Gasteiger partial charge on any atom is -0.378 e. The van der Waals surface area contributed by atoms with E-state index < -0.39 is 41.4 Å². The monoisotopic (exact) mass is 584 g/mol. The molecule has 0 unspecified atom stereocenters. The van der Waals surface area contributed by atoms with E-state index in [-0.39, 0.29) is 54.4 Å². The van der Waals surface area contributed by atoms with Crippen molar-refractivity contribution in [2.75, 3.05) is 30.9 Å². The first-order valence-corrected chi connectivity index (χ1v) is 12.6. The predicted octanol–water partition coefficient (Wildman–Crippen LogP) is 4.74. The van der Waals surface area contributed by atoms with Crippen molar-refractivity contribution in [3.05, 3.63) is 76.6 Å². The Kier molecular flexibility index (Phi) is 8.40. The molecule has 3 aromatic rings. The number of amides is 1. The summed E-state index contributed by atoms with van der Waals surface area (Å²) in [6.45, 7) is -0.198. The van der Waals surface area contributed by atoms with Gasteiger partial charge in [-0.1, -0.05) is 12.2 Å². The molecular weight excluding hydrogens is 558 g/mol. The first-order valence-electron chi connectivity index (χ1n) is 12.2. The number of hydrogen-bond acceptors (Lipinski definition) is 5. The summed E-state index contributed by atoms with van der Waals surface area (Å²) in [6, 6.07) is 7.12. The third kappa shape index (κ3) is 6.39. The van der Waals surface area contributed by atoms with Crippen LogP contribution in [0.15, 0.2) is 36.4 Å². The molecule has 2 heterocycles. The van der Waals surface area contributed by atoms with Crippen molar-refractivity contribution in [1.82, 2.24) is 14.5 Å². The number of benzene rings is 2. The van der Waals surface area contributed by atoms with Gasteiger partial charge in [0.1, 0.15) is 5.82 Å². The molecule has 0 aliphatic carbocycles. The van der Waals surface area contributed by atoms with Gasteiger partial charge in [-0.05, 0) is 42.3 Å². The average molecular weight is 585 g/mol. The molecule has 1 aliphatic heterocycles. The third-order valence-electron chi connectivity index (χ3n) is 6.48. The van der Waals surface area contributed by atoms with E-state index in [1.54, 1.807) is 29.2 Å². The molecule has 1 aromatic heterocycles. The number of carbonyl (C=O) groups excluding carboxylic acids is 1. The maximum absolute atomic E-state index is 14.0. The van der Waals surface area contributed by atoms with Crippen LogP contribution < -0.4 is 16.0 Å². The van der Waals surface area contributed by atoms with Crippen LogP contribution in [0.2, 0.25) is 0 Å². The molecule has 0 saturated heterocycles. The zero-order valence-electron chi connectivity index (χ0n) is 21.5. The van der Waals surface area contributed by atoms with Crippen LogP contribution in [0, 0.1) is 17.5 Å². The lowest BCUT2D eigenvalue weighted by molar-refractivity contribution is -0.147. The molecule has 14 heteroatoms. The first-order chi connectivity index (χ1) is 18.7. The van der Waals surface area contributed by atoms with Crippen molar-refractivity contribution in [2.45, 2.75) is 38.1 Å². The van der Waals surface area contributed by atoms with E-state index in [1.165, 1.54) is 0 Å². The lowest BCUT2D eigenvalue weighted by Crippen LogP contribution is -2.41. The highest BCUT2D eigenvalue weighted by Gasteiger charge is 2.41. The molecule has 2 aromatic carbocycles. The zero-order valence-corrected chi connectivity index (χ0v) is 22.3. The van der Waals surface area contributed by atoms with Gasteiger partial charge in [-0.25, -0.2) is 18.2 Å². The second kappa shape index (κ2) is 11.5. The van der Waals surface area contributed by atoms with Gasteiger partial charge in [-0.3, -0.25) is 4.79 Å². The number of rotatable bonds is 7. The maximum atomic E-state index is 14.0. The fourth-order valence-electron chi connectivity index (χ4n) is 4.44. The fraction of sp³-hybridized carbons (Fsp3) is 0.346. The summed E-state index contributed by atoms with van der Waals surface area (Å²) in [4.78, 5) is 20.4. The van der Waals surface area contributed by atoms with Crippen molar-refractivity contribution in [1.29, 1.82) is 0 Å². The number of thiocarbonyl (C=S) groups is 1. The van der Waals surface area contributed by atoms with E-state index in [4.69, 9.17) is 18.0 Å². The van der Waals surface area contributed by atoms with Crippen LogP contribution in [0.1, 0.15) is 34.0 Å². The Morgan fingerprint density at radius 3 is 2.38 bits per heavy atom. The Bertz CT molecular complexity index is 1420. The summed E-state index contributed by atoms with van der Waals surface area (Å²) in [6.07, 6.45) is -4.92. The van der Waals surface area contributed by atoms with Crippen LogP contribution >= 0.6 is 12.2 Å². The van der Waals surface area contributed by atoms with Gasteiger partial charge < -0.3 is 25.4 Å². The van der Waals surface area contributed by atoms with Crippen LogP contribution in [-0.4, -0.2) is 52.0 Å². The summed E-state index contributed by atoms with van der Waals surface area (Å²) in [5.41, 5.74) is 6.86. The molecule has 0 fully saturated rings. The van der Waals surface area contributed by atoms with Crippen LogP contribution in [0.5, 0.6) is 0 Å². The SMILES string of the molecule is CN(C)c1ccc(NC(=O)c2nc(C(F)(F)F)n3c2CN(C(=S)C[C@@H](N)Cc2cc(F)c(F)cc2F)CC3)cc1. The van der Waals surface area contributed by atoms with Gasteiger partial charge in [0.25, 0.3) is 5.91 Å². The third-order valence-corrected chi connectivity index (χ3v) is 6.90. The Morgan fingerprint density at radius 1 is 1.10 bits per heavy atom. The summed E-state index contributed by atoms with van der Waals surface area (Å²) >= 11 is 5.46. The molecule has 0 bridgehead atoms. The zero-order chi connectivity index (χ0) is 29.4. The predicted molar refractivity (Wildman–Crippen MR) is 142 cm³/mol. The molecule has 40 heavy (non-hydrogen) atoms. The normalized spacial score (nSPS) is 14.1. The van der Waals surface area contributed by atoms with E-state index in [1.807, 2.05) is 19.0 Å². The minimum atomic E-state index is -4.79. The standard InChI is InChI=1S/C26H26F6N6OS/c1-36(2)17-5-3-16(4-6-17)34-24(39)23-21-13-37(7-8-38(21)25(35-23)26(30,31)32)22(40)11-15(33)9-14-10-19(28)20(29)12-18(14)27/h3-6,10,12,15H,7-9,11,13,33H2,1-2H3,(H,34,39)/t15-/m0/s1. The van der Waals surface area contributed by atoms with Gasteiger partial charge in [-0.2, -0.15) is 13.2 Å². The lowest BCUT2D eigenvalue weighted by Gasteiger charge is -2.32. The van der Waals surface area contributed by atoms with Gasteiger partial charge in [0.15, 0.2) is 17.3 Å². The number of nitrogens with zero attached hydrogens (tertiary/aromatic N) is 4. The van der Waals surface area contributed by atoms with Crippen molar-refractivity contribution in [3.63, 3.8) is 0 Å². The number of halogens is 6. The summed E-state index contributed by atoms with van der Waals surface area (Å²) in [5, 5.41) is 2.59. The average Bonchev–Trinajstić information content (AvgIpc) is 3.27. The van der Waals surface area contributed by atoms with Crippen molar-refractivity contribution < 1.29 is 31.1 Å². The summed E-state index contributed by atoms with van der Waals surface area (Å²) < 4.78 is 83.0. The van der Waals surface area contributed by atoms with Crippen molar-refractivity contribution >= 4 is 34.5 Å². The van der Waals surface area contributed by atoms with Crippen LogP contribution in [0.25, 0.3) is 0 Å². The minimum absolute atomic E-state index is 0.0216. The number of alkyl halides is 3. The highest BCUT2D eigenvalue weighted by Crippen LogP contribution is 2.33. The van der Waals surface area contributed by atoms with Crippen LogP contribution in [-0.2, 0) is 25.7 Å². The Balaban J connectivity index is 1.51. The number of aromatic nitrogens is 2. The number of carbonyl (C=O) groups is 1. The van der Waals surface area contributed by atoms with Gasteiger partial charge in [0.2, 0.25) is 5.82 Å². The first kappa shape index (κ1) is 29.3. The molecule has 3 N–H and O–H groups in total. The number of anilines is 2. The number of imidazole rings is 1. The topological polar surface area (TPSA) is 79.4 Å². The van der Waals surface area contributed by atoms with Crippen molar-refractivity contribution in [3.8, 4) is 0 Å². The molecule has 214 valence electrons. The molecule has 0 radical (unpaired) electrons. The lowest BCUT2D eigenvalue weighted by atomic mass is 10.0. The van der Waals surface area contributed by atoms with E-state index in [9.17, 15) is 31.1 Å². The second-order valence-electron chi connectivity index (χ2n) is 9.62. The molecule has 0 spiro atoms. The smallest absolute Gasteiger partial charge is 0.378 e. The summed E-state index contributed by atoms with van der Waals surface area (Å²) in [7, 11) is 3.68. The Labute approximate surface area is 231 Å². The van der Waals surface area contributed by atoms with E-state index in [0.717, 1.165) is 16.3 Å². The van der Waals surface area contributed by atoms with Gasteiger partial charge in [-0.15, -0.1) is 0 Å². The Morgan fingerprint density at radius 2 is 1.75 bits per heavy atom. The van der Waals surface area contributed by atoms with Gasteiger partial charge in [0, 0.05) is 57.1 Å². The van der Waals surface area contributed by atoms with Crippen molar-refractivity contribution in [2.24, 2.45) is 5.73 Å². The van der Waals surface area contributed by atoms with Gasteiger partial charge >= 0.3 is 6.18 Å². The Hall–Kier alpha value is -3.65. The molecule has 0 saturated carbocycles. The molecule has 1 amide bonds. The van der Waals surface area contributed by atoms with Crippen LogP contribution in [0.4, 0.5) is 37.7 Å². The van der Waals surface area contributed by atoms with Gasteiger partial charge in [0.05, 0.1) is 17.2 Å². The fourth-order valence-corrected chi connectivity index (χ4v) is 4.81. The largest absolute Gasteiger partial charge is 0.449 e. The number of hydrogen-bond donors (Lipinski definition) is 2. The molecule has 1 aliphatic rings.